The number of thiophene rings is 1. The summed E-state index contributed by atoms with van der Waals surface area (Å²) in [6.45, 7) is 0. The fourth-order valence-corrected chi connectivity index (χ4v) is 2.36. The molecule has 0 spiro atoms. The van der Waals surface area contributed by atoms with E-state index in [1.807, 2.05) is 0 Å². The topological polar surface area (TPSA) is 46.5 Å². The zero-order valence-electron chi connectivity index (χ0n) is 8.31. The van der Waals surface area contributed by atoms with Crippen molar-refractivity contribution in [1.82, 2.24) is 0 Å². The molecule has 0 aliphatic rings. The van der Waals surface area contributed by atoms with Gasteiger partial charge >= 0.3 is 5.97 Å². The van der Waals surface area contributed by atoms with E-state index in [9.17, 15) is 4.79 Å². The molecule has 2 rings (SSSR count). The van der Waals surface area contributed by atoms with E-state index in [1.165, 1.54) is 6.07 Å². The van der Waals surface area contributed by atoms with Gasteiger partial charge in [-0.1, -0.05) is 23.2 Å². The fraction of sp³-hybridized carbons (Fsp3) is 0. The van der Waals surface area contributed by atoms with Gasteiger partial charge in [0.2, 0.25) is 0 Å². The highest BCUT2D eigenvalue weighted by molar-refractivity contribution is 7.12. The second kappa shape index (κ2) is 4.96. The molecule has 0 unspecified atom stereocenters. The van der Waals surface area contributed by atoms with E-state index in [0.717, 1.165) is 11.3 Å². The molecule has 0 fully saturated rings. The monoisotopic (exact) mass is 288 g/mol. The van der Waals surface area contributed by atoms with Crippen molar-refractivity contribution in [3.8, 4) is 11.5 Å². The molecule has 1 aromatic heterocycles. The standard InChI is InChI=1S/C11H6Cl2O3S/c12-6-1-7(13)3-8(2-6)16-9-4-10(11(14)15)17-5-9/h1-5H,(H,14,15). The molecule has 0 amide bonds. The van der Waals surface area contributed by atoms with E-state index in [2.05, 4.69) is 0 Å². The lowest BCUT2D eigenvalue weighted by Gasteiger charge is -2.03. The smallest absolute Gasteiger partial charge is 0.346 e. The molecule has 6 heteroatoms. The Balaban J connectivity index is 2.22. The van der Waals surface area contributed by atoms with Gasteiger partial charge < -0.3 is 9.84 Å². The molecule has 0 saturated heterocycles. The molecule has 1 aromatic carbocycles. The number of carboxylic acids is 1. The first-order valence-corrected chi connectivity index (χ1v) is 6.14. The summed E-state index contributed by atoms with van der Waals surface area (Å²) in [6, 6.07) is 6.24. The van der Waals surface area contributed by atoms with Gasteiger partial charge in [-0.3, -0.25) is 0 Å². The van der Waals surface area contributed by atoms with Gasteiger partial charge in [-0.05, 0) is 18.2 Å². The number of hydrogen-bond donors (Lipinski definition) is 1. The summed E-state index contributed by atoms with van der Waals surface area (Å²) in [5.41, 5.74) is 0. The van der Waals surface area contributed by atoms with E-state index in [4.69, 9.17) is 33.0 Å². The molecule has 3 nitrogen and oxygen atoms in total. The van der Waals surface area contributed by atoms with Crippen LogP contribution >= 0.6 is 34.5 Å². The lowest BCUT2D eigenvalue weighted by atomic mass is 10.3. The van der Waals surface area contributed by atoms with Crippen LogP contribution in [0.2, 0.25) is 10.0 Å². The number of rotatable bonds is 3. The number of carbonyl (C=O) groups is 1. The van der Waals surface area contributed by atoms with Crippen LogP contribution in [-0.4, -0.2) is 11.1 Å². The number of hydrogen-bond acceptors (Lipinski definition) is 3. The fourth-order valence-electron chi connectivity index (χ4n) is 1.21. The van der Waals surface area contributed by atoms with E-state index >= 15 is 0 Å². The van der Waals surface area contributed by atoms with Crippen molar-refractivity contribution in [1.29, 1.82) is 0 Å². The summed E-state index contributed by atoms with van der Waals surface area (Å²) >= 11 is 12.7. The molecular weight excluding hydrogens is 283 g/mol. The molecule has 0 aliphatic heterocycles. The first-order valence-electron chi connectivity index (χ1n) is 4.50. The normalized spacial score (nSPS) is 10.2. The highest BCUT2D eigenvalue weighted by Crippen LogP contribution is 2.30. The third-order valence-corrected chi connectivity index (χ3v) is 3.19. The third-order valence-electron chi connectivity index (χ3n) is 1.86. The summed E-state index contributed by atoms with van der Waals surface area (Å²) < 4.78 is 5.45. The molecule has 17 heavy (non-hydrogen) atoms. The van der Waals surface area contributed by atoms with E-state index in [1.54, 1.807) is 23.6 Å². The lowest BCUT2D eigenvalue weighted by Crippen LogP contribution is -1.90. The van der Waals surface area contributed by atoms with E-state index in [0.29, 0.717) is 21.5 Å². The number of ether oxygens (including phenoxy) is 1. The van der Waals surface area contributed by atoms with Crippen molar-refractivity contribution in [3.63, 3.8) is 0 Å². The Labute approximate surface area is 111 Å². The predicted octanol–water partition coefficient (Wildman–Crippen LogP) is 4.55. The molecule has 0 bridgehead atoms. The summed E-state index contributed by atoms with van der Waals surface area (Å²) in [7, 11) is 0. The third kappa shape index (κ3) is 3.12. The first kappa shape index (κ1) is 12.2. The molecule has 0 atom stereocenters. The maximum atomic E-state index is 10.7. The molecule has 1 N–H and O–H groups in total. The van der Waals surface area contributed by atoms with Crippen LogP contribution < -0.4 is 4.74 Å². The van der Waals surface area contributed by atoms with E-state index in [-0.39, 0.29) is 4.88 Å². The Bertz CT molecular complexity index is 545. The van der Waals surface area contributed by atoms with Gasteiger partial charge in [-0.25, -0.2) is 4.79 Å². The highest BCUT2D eigenvalue weighted by atomic mass is 35.5. The van der Waals surface area contributed by atoms with Crippen molar-refractivity contribution >= 4 is 40.5 Å². The minimum atomic E-state index is -0.978. The maximum absolute atomic E-state index is 10.7. The van der Waals surface area contributed by atoms with Crippen LogP contribution in [0.3, 0.4) is 0 Å². The molecule has 1 heterocycles. The highest BCUT2D eigenvalue weighted by Gasteiger charge is 2.08. The van der Waals surface area contributed by atoms with Crippen molar-refractivity contribution in [2.24, 2.45) is 0 Å². The molecular formula is C11H6Cl2O3S. The molecule has 0 radical (unpaired) electrons. The average Bonchev–Trinajstić information content (AvgIpc) is 2.64. The van der Waals surface area contributed by atoms with Crippen LogP contribution in [0, 0.1) is 0 Å². The predicted molar refractivity (Wildman–Crippen MR) is 67.8 cm³/mol. The van der Waals surface area contributed by atoms with Gasteiger partial charge in [0.25, 0.3) is 0 Å². The molecule has 2 aromatic rings. The van der Waals surface area contributed by atoms with Gasteiger partial charge in [0.05, 0.1) is 0 Å². The number of carboxylic acid groups (broad SMARTS) is 1. The Morgan fingerprint density at radius 2 is 1.76 bits per heavy atom. The number of benzene rings is 1. The number of aromatic carboxylic acids is 1. The minimum Gasteiger partial charge on any atom is -0.477 e. The van der Waals surface area contributed by atoms with Gasteiger partial charge in [-0.2, -0.15) is 0 Å². The maximum Gasteiger partial charge on any atom is 0.346 e. The van der Waals surface area contributed by atoms with Gasteiger partial charge in [0, 0.05) is 21.5 Å². The van der Waals surface area contributed by atoms with Crippen molar-refractivity contribution in [2.75, 3.05) is 0 Å². The van der Waals surface area contributed by atoms with Crippen molar-refractivity contribution in [2.45, 2.75) is 0 Å². The second-order valence-corrected chi connectivity index (χ2v) is 4.94. The molecule has 0 aliphatic carbocycles. The van der Waals surface area contributed by atoms with Crippen LogP contribution in [0.1, 0.15) is 9.67 Å². The molecule has 0 saturated carbocycles. The first-order chi connectivity index (χ1) is 8.04. The quantitative estimate of drug-likeness (QED) is 0.901. The SMILES string of the molecule is O=C(O)c1cc(Oc2cc(Cl)cc(Cl)c2)cs1. The summed E-state index contributed by atoms with van der Waals surface area (Å²) in [5.74, 6) is -0.0584. The van der Waals surface area contributed by atoms with Crippen LogP contribution in [-0.2, 0) is 0 Å². The Morgan fingerprint density at radius 1 is 1.12 bits per heavy atom. The lowest BCUT2D eigenvalue weighted by molar-refractivity contribution is 0.0702. The Morgan fingerprint density at radius 3 is 2.29 bits per heavy atom. The van der Waals surface area contributed by atoms with Crippen LogP contribution in [0.25, 0.3) is 0 Å². The molecule has 88 valence electrons. The summed E-state index contributed by atoms with van der Waals surface area (Å²) in [5, 5.41) is 11.3. The summed E-state index contributed by atoms with van der Waals surface area (Å²) in [6.07, 6.45) is 0. The van der Waals surface area contributed by atoms with E-state index < -0.39 is 5.97 Å². The van der Waals surface area contributed by atoms with Gasteiger partial charge in [0.1, 0.15) is 16.4 Å². The number of halogens is 2. The average molecular weight is 289 g/mol. The Hall–Kier alpha value is -1.23. The van der Waals surface area contributed by atoms with Crippen LogP contribution in [0.15, 0.2) is 29.6 Å². The largest absolute Gasteiger partial charge is 0.477 e. The zero-order valence-corrected chi connectivity index (χ0v) is 10.6. The minimum absolute atomic E-state index is 0.216. The van der Waals surface area contributed by atoms with Crippen molar-refractivity contribution in [3.05, 3.63) is 44.6 Å². The zero-order chi connectivity index (χ0) is 12.4. The van der Waals surface area contributed by atoms with Gasteiger partial charge in [0.15, 0.2) is 0 Å². The van der Waals surface area contributed by atoms with Crippen molar-refractivity contribution < 1.29 is 14.6 Å². The van der Waals surface area contributed by atoms with Gasteiger partial charge in [-0.15, -0.1) is 11.3 Å². The second-order valence-electron chi connectivity index (χ2n) is 3.16. The Kier molecular flexibility index (Phi) is 3.57. The summed E-state index contributed by atoms with van der Waals surface area (Å²) in [4.78, 5) is 10.9. The van der Waals surface area contributed by atoms with Crippen LogP contribution in [0.5, 0.6) is 11.5 Å². The van der Waals surface area contributed by atoms with Crippen LogP contribution in [0.4, 0.5) is 0 Å².